The van der Waals surface area contributed by atoms with Gasteiger partial charge in [-0.1, -0.05) is 23.7 Å². The number of benzene rings is 1. The van der Waals surface area contributed by atoms with Gasteiger partial charge in [-0.25, -0.2) is 9.88 Å². The van der Waals surface area contributed by atoms with Gasteiger partial charge in [0.2, 0.25) is 0 Å². The van der Waals surface area contributed by atoms with Crippen molar-refractivity contribution >= 4 is 29.2 Å². The molecule has 1 aliphatic heterocycles. The normalized spacial score (nSPS) is 13.9. The van der Waals surface area contributed by atoms with Crippen LogP contribution >= 0.6 is 11.6 Å². The van der Waals surface area contributed by atoms with Gasteiger partial charge in [0, 0.05) is 0 Å². The Labute approximate surface area is 114 Å². The molecule has 19 heavy (non-hydrogen) atoms. The minimum atomic E-state index is -0.352. The summed E-state index contributed by atoms with van der Waals surface area (Å²) in [5.41, 5.74) is 1.39. The quantitative estimate of drug-likeness (QED) is 0.750. The van der Waals surface area contributed by atoms with Crippen LogP contribution in [-0.2, 0) is 0 Å². The first-order valence-electron chi connectivity index (χ1n) is 5.70. The van der Waals surface area contributed by atoms with Crippen LogP contribution in [0.5, 0.6) is 0 Å². The van der Waals surface area contributed by atoms with Crippen LogP contribution in [-0.4, -0.2) is 16.8 Å². The highest BCUT2D eigenvalue weighted by atomic mass is 35.5. The van der Waals surface area contributed by atoms with Crippen LogP contribution in [0, 0.1) is 6.92 Å². The zero-order valence-corrected chi connectivity index (χ0v) is 10.8. The highest BCUT2D eigenvalue weighted by Gasteiger charge is 2.37. The van der Waals surface area contributed by atoms with Gasteiger partial charge in [0.15, 0.2) is 0 Å². The average molecular weight is 273 g/mol. The molecule has 1 aromatic carbocycles. The fourth-order valence-corrected chi connectivity index (χ4v) is 2.16. The average Bonchev–Trinajstić information content (AvgIpc) is 2.66. The lowest BCUT2D eigenvalue weighted by atomic mass is 10.1. The largest absolute Gasteiger partial charge is 0.268 e. The molecule has 4 nitrogen and oxygen atoms in total. The van der Waals surface area contributed by atoms with E-state index >= 15 is 0 Å². The molecule has 0 unspecified atom stereocenters. The Bertz CT molecular complexity index is 677. The van der Waals surface area contributed by atoms with Crippen molar-refractivity contribution in [2.45, 2.75) is 6.92 Å². The molecule has 94 valence electrons. The molecular formula is C14H9ClN2O2. The van der Waals surface area contributed by atoms with Gasteiger partial charge in [-0.05, 0) is 31.2 Å². The first kappa shape index (κ1) is 11.9. The van der Waals surface area contributed by atoms with Gasteiger partial charge in [0.1, 0.15) is 5.82 Å². The Morgan fingerprint density at radius 3 is 2.11 bits per heavy atom. The molecule has 2 amide bonds. The maximum atomic E-state index is 12.2. The molecule has 0 N–H and O–H groups in total. The molecule has 1 aliphatic rings. The summed E-state index contributed by atoms with van der Waals surface area (Å²) in [5.74, 6) is -0.405. The van der Waals surface area contributed by atoms with Gasteiger partial charge in [0.05, 0.1) is 21.8 Å². The van der Waals surface area contributed by atoms with Crippen molar-refractivity contribution < 1.29 is 9.59 Å². The molecular weight excluding hydrogens is 264 g/mol. The van der Waals surface area contributed by atoms with Gasteiger partial charge in [-0.3, -0.25) is 9.59 Å². The van der Waals surface area contributed by atoms with Crippen LogP contribution in [0.15, 0.2) is 36.4 Å². The Balaban J connectivity index is 2.11. The van der Waals surface area contributed by atoms with E-state index in [1.807, 2.05) is 0 Å². The van der Waals surface area contributed by atoms with Crippen molar-refractivity contribution in [2.24, 2.45) is 0 Å². The van der Waals surface area contributed by atoms with Crippen LogP contribution in [0.2, 0.25) is 5.02 Å². The summed E-state index contributed by atoms with van der Waals surface area (Å²) in [7, 11) is 0. The lowest BCUT2D eigenvalue weighted by Gasteiger charge is -2.13. The Morgan fingerprint density at radius 2 is 1.58 bits per heavy atom. The van der Waals surface area contributed by atoms with E-state index in [1.54, 1.807) is 43.3 Å². The maximum Gasteiger partial charge on any atom is 0.267 e. The predicted octanol–water partition coefficient (Wildman–Crippen LogP) is 2.84. The molecule has 0 saturated heterocycles. The minimum Gasteiger partial charge on any atom is -0.268 e. The van der Waals surface area contributed by atoms with E-state index in [9.17, 15) is 9.59 Å². The minimum absolute atomic E-state index is 0.299. The van der Waals surface area contributed by atoms with E-state index in [2.05, 4.69) is 4.98 Å². The second kappa shape index (κ2) is 4.17. The lowest BCUT2D eigenvalue weighted by Crippen LogP contribution is -2.30. The number of aromatic nitrogens is 1. The number of hydrogen-bond acceptors (Lipinski definition) is 3. The highest BCUT2D eigenvalue weighted by Crippen LogP contribution is 2.28. The van der Waals surface area contributed by atoms with E-state index in [-0.39, 0.29) is 11.8 Å². The van der Waals surface area contributed by atoms with Crippen molar-refractivity contribution in [3.63, 3.8) is 0 Å². The smallest absolute Gasteiger partial charge is 0.267 e. The first-order chi connectivity index (χ1) is 9.09. The van der Waals surface area contributed by atoms with Gasteiger partial charge in [0.25, 0.3) is 11.8 Å². The van der Waals surface area contributed by atoms with Crippen LogP contribution in [0.25, 0.3) is 0 Å². The summed E-state index contributed by atoms with van der Waals surface area (Å²) in [5, 5.41) is 0.500. The number of amides is 2. The molecule has 3 rings (SSSR count). The Kier molecular flexibility index (Phi) is 2.61. The molecule has 2 heterocycles. The number of carbonyl (C=O) groups excluding carboxylic acids is 2. The number of anilines is 1. The SMILES string of the molecule is Cc1nc(N2C(=O)c3ccccc3C2=O)ccc1Cl. The second-order valence-corrected chi connectivity index (χ2v) is 4.64. The van der Waals surface area contributed by atoms with E-state index in [0.29, 0.717) is 27.7 Å². The number of pyridine rings is 1. The summed E-state index contributed by atoms with van der Waals surface area (Å²) in [6.07, 6.45) is 0. The van der Waals surface area contributed by atoms with E-state index in [4.69, 9.17) is 11.6 Å². The van der Waals surface area contributed by atoms with Gasteiger partial charge < -0.3 is 0 Å². The third-order valence-corrected chi connectivity index (χ3v) is 3.43. The van der Waals surface area contributed by atoms with Gasteiger partial charge in [-0.15, -0.1) is 0 Å². The highest BCUT2D eigenvalue weighted by molar-refractivity contribution is 6.34. The van der Waals surface area contributed by atoms with E-state index in [0.717, 1.165) is 4.90 Å². The Hall–Kier alpha value is -2.20. The van der Waals surface area contributed by atoms with Crippen LogP contribution in [0.3, 0.4) is 0 Å². The number of imide groups is 1. The summed E-state index contributed by atoms with van der Waals surface area (Å²) in [4.78, 5) is 29.7. The summed E-state index contributed by atoms with van der Waals surface area (Å²) in [6.45, 7) is 1.73. The molecule has 0 bridgehead atoms. The molecule has 5 heteroatoms. The topological polar surface area (TPSA) is 50.3 Å². The number of carbonyl (C=O) groups is 2. The monoisotopic (exact) mass is 272 g/mol. The first-order valence-corrected chi connectivity index (χ1v) is 6.08. The third kappa shape index (κ3) is 1.72. The zero-order chi connectivity index (χ0) is 13.6. The van der Waals surface area contributed by atoms with Crippen molar-refractivity contribution in [3.8, 4) is 0 Å². The van der Waals surface area contributed by atoms with E-state index in [1.165, 1.54) is 0 Å². The fraction of sp³-hybridized carbons (Fsp3) is 0.0714. The molecule has 1 aromatic heterocycles. The van der Waals surface area contributed by atoms with Gasteiger partial charge in [-0.2, -0.15) is 0 Å². The maximum absolute atomic E-state index is 12.2. The van der Waals surface area contributed by atoms with Crippen molar-refractivity contribution in [1.82, 2.24) is 4.98 Å². The molecule has 0 saturated carbocycles. The summed E-state index contributed by atoms with van der Waals surface area (Å²) in [6, 6.07) is 9.93. The fourth-order valence-electron chi connectivity index (χ4n) is 2.05. The second-order valence-electron chi connectivity index (χ2n) is 4.23. The number of rotatable bonds is 1. The summed E-state index contributed by atoms with van der Waals surface area (Å²) < 4.78 is 0. The van der Waals surface area contributed by atoms with Crippen LogP contribution < -0.4 is 4.90 Å². The number of fused-ring (bicyclic) bond motifs is 1. The molecule has 0 radical (unpaired) electrons. The number of halogens is 1. The van der Waals surface area contributed by atoms with Gasteiger partial charge >= 0.3 is 0 Å². The van der Waals surface area contributed by atoms with Crippen molar-refractivity contribution in [2.75, 3.05) is 4.90 Å². The number of aryl methyl sites for hydroxylation is 1. The number of hydrogen-bond donors (Lipinski definition) is 0. The summed E-state index contributed by atoms with van der Waals surface area (Å²) >= 11 is 5.90. The van der Waals surface area contributed by atoms with Crippen molar-refractivity contribution in [3.05, 3.63) is 58.2 Å². The van der Waals surface area contributed by atoms with Crippen LogP contribution in [0.1, 0.15) is 26.4 Å². The molecule has 2 aromatic rings. The third-order valence-electron chi connectivity index (χ3n) is 3.03. The number of nitrogens with zero attached hydrogens (tertiary/aromatic N) is 2. The predicted molar refractivity (Wildman–Crippen MR) is 71.6 cm³/mol. The standard InChI is InChI=1S/C14H9ClN2O2/c1-8-11(15)6-7-12(16-8)17-13(18)9-4-2-3-5-10(9)14(17)19/h2-7H,1H3. The molecule has 0 atom stereocenters. The molecule has 0 fully saturated rings. The van der Waals surface area contributed by atoms with Crippen molar-refractivity contribution in [1.29, 1.82) is 0 Å². The van der Waals surface area contributed by atoms with Crippen LogP contribution in [0.4, 0.5) is 5.82 Å². The zero-order valence-electron chi connectivity index (χ0n) is 10.1. The molecule has 0 spiro atoms. The molecule has 0 aliphatic carbocycles. The van der Waals surface area contributed by atoms with E-state index < -0.39 is 0 Å². The Morgan fingerprint density at radius 1 is 1.00 bits per heavy atom. The lowest BCUT2D eigenvalue weighted by molar-refractivity contribution is 0.0925.